The van der Waals surface area contributed by atoms with Gasteiger partial charge in [-0.1, -0.05) is 37.6 Å². The standard InChI is InChI=1S/C29H40O4/c1-19(30)24-11-12-25-23-10-7-21-17-29(31,33-18-20-5-8-22(32-4)9-6-20)16-15-27(21,2)26(23)13-14-28(24,25)3/h5-9,23-26,31H,10-18H2,1-4H3/t23-,24+,25-,26-,27-,28+,29-/m0/s1. The first kappa shape index (κ1) is 23.1. The fourth-order valence-corrected chi connectivity index (χ4v) is 8.35. The minimum Gasteiger partial charge on any atom is -0.497 e. The van der Waals surface area contributed by atoms with Crippen molar-refractivity contribution in [3.05, 3.63) is 41.5 Å². The van der Waals surface area contributed by atoms with Gasteiger partial charge in [-0.25, -0.2) is 0 Å². The third kappa shape index (κ3) is 3.78. The Balaban J connectivity index is 1.30. The Morgan fingerprint density at radius 3 is 2.52 bits per heavy atom. The molecule has 1 N–H and O–H groups in total. The third-order valence-electron chi connectivity index (χ3n) is 10.3. The largest absolute Gasteiger partial charge is 0.497 e. The maximum absolute atomic E-state index is 12.4. The molecule has 1 aromatic rings. The Hall–Kier alpha value is -1.65. The van der Waals surface area contributed by atoms with Crippen LogP contribution in [0.3, 0.4) is 0 Å². The minimum absolute atomic E-state index is 0.147. The van der Waals surface area contributed by atoms with Gasteiger partial charge < -0.3 is 14.6 Å². The highest BCUT2D eigenvalue weighted by molar-refractivity contribution is 5.79. The van der Waals surface area contributed by atoms with Crippen LogP contribution in [0, 0.1) is 34.5 Å². The second kappa shape index (κ2) is 8.23. The highest BCUT2D eigenvalue weighted by Gasteiger charge is 2.60. The number of aliphatic hydroxyl groups is 1. The van der Waals surface area contributed by atoms with Crippen molar-refractivity contribution in [1.29, 1.82) is 0 Å². The average Bonchev–Trinajstić information content (AvgIpc) is 3.16. The number of rotatable bonds is 5. The molecule has 0 aromatic heterocycles. The van der Waals surface area contributed by atoms with Crippen molar-refractivity contribution in [2.45, 2.75) is 84.5 Å². The van der Waals surface area contributed by atoms with Crippen molar-refractivity contribution >= 4 is 5.78 Å². The van der Waals surface area contributed by atoms with Crippen molar-refractivity contribution in [3.8, 4) is 5.75 Å². The second-order valence-electron chi connectivity index (χ2n) is 11.8. The molecule has 3 saturated carbocycles. The second-order valence-corrected chi connectivity index (χ2v) is 11.8. The molecule has 4 aliphatic rings. The summed E-state index contributed by atoms with van der Waals surface area (Å²) in [6, 6.07) is 7.85. The van der Waals surface area contributed by atoms with E-state index in [1.54, 1.807) is 14.0 Å². The summed E-state index contributed by atoms with van der Waals surface area (Å²) in [5.74, 6) is 2.38. The first-order valence-electron chi connectivity index (χ1n) is 12.9. The summed E-state index contributed by atoms with van der Waals surface area (Å²) in [5.41, 5.74) is 2.78. The lowest BCUT2D eigenvalue weighted by Crippen LogP contribution is -2.52. The first-order chi connectivity index (χ1) is 15.7. The van der Waals surface area contributed by atoms with E-state index in [9.17, 15) is 9.90 Å². The van der Waals surface area contributed by atoms with Gasteiger partial charge in [0.2, 0.25) is 0 Å². The molecule has 1 aromatic carbocycles. The van der Waals surface area contributed by atoms with Crippen LogP contribution in [0.2, 0.25) is 0 Å². The maximum Gasteiger partial charge on any atom is 0.169 e. The highest BCUT2D eigenvalue weighted by Crippen LogP contribution is 2.66. The van der Waals surface area contributed by atoms with Gasteiger partial charge in [-0.05, 0) is 91.7 Å². The Kier molecular flexibility index (Phi) is 5.77. The van der Waals surface area contributed by atoms with Gasteiger partial charge in [0, 0.05) is 18.8 Å². The van der Waals surface area contributed by atoms with Crippen molar-refractivity contribution < 1.29 is 19.4 Å². The van der Waals surface area contributed by atoms with Crippen LogP contribution >= 0.6 is 0 Å². The molecular weight excluding hydrogens is 412 g/mol. The Morgan fingerprint density at radius 1 is 1.06 bits per heavy atom. The summed E-state index contributed by atoms with van der Waals surface area (Å²) in [7, 11) is 1.66. The molecule has 0 spiro atoms. The number of carbonyl (C=O) groups is 1. The topological polar surface area (TPSA) is 55.8 Å². The summed E-state index contributed by atoms with van der Waals surface area (Å²) < 4.78 is 11.4. The summed E-state index contributed by atoms with van der Waals surface area (Å²) in [6.07, 6.45) is 10.5. The lowest BCUT2D eigenvalue weighted by Gasteiger charge is -2.58. The van der Waals surface area contributed by atoms with E-state index in [2.05, 4.69) is 19.9 Å². The number of hydrogen-bond acceptors (Lipinski definition) is 4. The highest BCUT2D eigenvalue weighted by atomic mass is 16.6. The van der Waals surface area contributed by atoms with Gasteiger partial charge in [-0.2, -0.15) is 0 Å². The van der Waals surface area contributed by atoms with E-state index in [1.807, 2.05) is 24.3 Å². The number of ether oxygens (including phenoxy) is 2. The molecule has 0 aliphatic heterocycles. The Morgan fingerprint density at radius 2 is 1.82 bits per heavy atom. The minimum atomic E-state index is -1.09. The van der Waals surface area contributed by atoms with Crippen LogP contribution in [0.4, 0.5) is 0 Å². The molecule has 4 aliphatic carbocycles. The van der Waals surface area contributed by atoms with Crippen LogP contribution in [0.5, 0.6) is 5.75 Å². The van der Waals surface area contributed by atoms with Gasteiger partial charge in [-0.3, -0.25) is 4.79 Å². The van der Waals surface area contributed by atoms with Gasteiger partial charge in [0.05, 0.1) is 13.7 Å². The van der Waals surface area contributed by atoms with Gasteiger partial charge in [0.1, 0.15) is 11.5 Å². The fourth-order valence-electron chi connectivity index (χ4n) is 8.35. The van der Waals surface area contributed by atoms with Crippen LogP contribution < -0.4 is 4.74 Å². The smallest absolute Gasteiger partial charge is 0.169 e. The average molecular weight is 453 g/mol. The van der Waals surface area contributed by atoms with Crippen LogP contribution in [-0.4, -0.2) is 23.8 Å². The third-order valence-corrected chi connectivity index (χ3v) is 10.3. The van der Waals surface area contributed by atoms with E-state index in [0.717, 1.165) is 30.6 Å². The monoisotopic (exact) mass is 452 g/mol. The number of benzene rings is 1. The molecule has 33 heavy (non-hydrogen) atoms. The molecule has 0 unspecified atom stereocenters. The molecule has 4 heteroatoms. The molecule has 7 atom stereocenters. The predicted molar refractivity (Wildman–Crippen MR) is 129 cm³/mol. The molecule has 0 amide bonds. The molecule has 3 fully saturated rings. The predicted octanol–water partition coefficient (Wildman–Crippen LogP) is 6.07. The van der Waals surface area contributed by atoms with Crippen molar-refractivity contribution in [3.63, 3.8) is 0 Å². The SMILES string of the molecule is COc1ccc(CO[C@@]2(O)CC[C@@]3(C)C(=CC[C@H]4[C@@H]5CC[C@H](C(C)=O)[C@@]5(C)CC[C@@H]43)C2)cc1. The van der Waals surface area contributed by atoms with Gasteiger partial charge in [0.15, 0.2) is 5.79 Å². The number of fused-ring (bicyclic) bond motifs is 5. The fraction of sp³-hybridized carbons (Fsp3) is 0.690. The Labute approximate surface area is 198 Å². The van der Waals surface area contributed by atoms with E-state index in [1.165, 1.54) is 24.8 Å². The summed E-state index contributed by atoms with van der Waals surface area (Å²) >= 11 is 0. The number of methoxy groups -OCH3 is 1. The summed E-state index contributed by atoms with van der Waals surface area (Å²) in [5, 5.41) is 11.3. The summed E-state index contributed by atoms with van der Waals surface area (Å²) in [4.78, 5) is 12.4. The van der Waals surface area contributed by atoms with E-state index in [-0.39, 0.29) is 16.7 Å². The van der Waals surface area contributed by atoms with Crippen LogP contribution in [-0.2, 0) is 16.1 Å². The van der Waals surface area contributed by atoms with Gasteiger partial charge >= 0.3 is 0 Å². The van der Waals surface area contributed by atoms with Crippen molar-refractivity contribution in [2.24, 2.45) is 34.5 Å². The molecule has 5 rings (SSSR count). The van der Waals surface area contributed by atoms with Crippen LogP contribution in [0.1, 0.15) is 77.7 Å². The van der Waals surface area contributed by atoms with Crippen LogP contribution in [0.15, 0.2) is 35.9 Å². The molecule has 0 radical (unpaired) electrons. The number of carbonyl (C=O) groups excluding carboxylic acids is 1. The molecule has 0 bridgehead atoms. The van der Waals surface area contributed by atoms with E-state index in [4.69, 9.17) is 9.47 Å². The van der Waals surface area contributed by atoms with E-state index >= 15 is 0 Å². The summed E-state index contributed by atoms with van der Waals surface area (Å²) in [6.45, 7) is 7.06. The van der Waals surface area contributed by atoms with E-state index in [0.29, 0.717) is 43.0 Å². The number of Topliss-reactive ketones (excluding diaryl/α,β-unsaturated/α-hetero) is 1. The molecule has 0 heterocycles. The molecule has 4 nitrogen and oxygen atoms in total. The quantitative estimate of drug-likeness (QED) is 0.435. The normalized spacial score (nSPS) is 42.0. The number of allylic oxidation sites excluding steroid dienone is 1. The van der Waals surface area contributed by atoms with Crippen molar-refractivity contribution in [2.75, 3.05) is 7.11 Å². The molecule has 0 saturated heterocycles. The van der Waals surface area contributed by atoms with E-state index < -0.39 is 5.79 Å². The lowest BCUT2D eigenvalue weighted by atomic mass is 9.47. The zero-order chi connectivity index (χ0) is 23.4. The number of hydrogen-bond donors (Lipinski definition) is 1. The zero-order valence-corrected chi connectivity index (χ0v) is 20.7. The van der Waals surface area contributed by atoms with Gasteiger partial charge in [0.25, 0.3) is 0 Å². The van der Waals surface area contributed by atoms with Crippen LogP contribution in [0.25, 0.3) is 0 Å². The zero-order valence-electron chi connectivity index (χ0n) is 20.7. The molecule has 180 valence electrons. The Bertz CT molecular complexity index is 935. The lowest BCUT2D eigenvalue weighted by molar-refractivity contribution is -0.231. The molecular formula is C29H40O4. The van der Waals surface area contributed by atoms with Gasteiger partial charge in [-0.15, -0.1) is 0 Å². The number of ketones is 1. The first-order valence-corrected chi connectivity index (χ1v) is 12.9. The maximum atomic E-state index is 12.4. The van der Waals surface area contributed by atoms with Crippen molar-refractivity contribution in [1.82, 2.24) is 0 Å².